The number of anilines is 2. The highest BCUT2D eigenvalue weighted by Gasteiger charge is 2.40. The van der Waals surface area contributed by atoms with Crippen LogP contribution in [-0.2, 0) is 6.18 Å². The predicted octanol–water partition coefficient (Wildman–Crippen LogP) is 2.18. The van der Waals surface area contributed by atoms with Crippen LogP contribution in [0.3, 0.4) is 0 Å². The van der Waals surface area contributed by atoms with Gasteiger partial charge in [-0.05, 0) is 37.5 Å². The number of hydrogen-bond donors (Lipinski definition) is 0. The summed E-state index contributed by atoms with van der Waals surface area (Å²) in [4.78, 5) is 12.1. The summed E-state index contributed by atoms with van der Waals surface area (Å²) >= 11 is 0. The fourth-order valence-corrected chi connectivity index (χ4v) is 3.67. The zero-order valence-electron chi connectivity index (χ0n) is 14.8. The molecular formula is C17H17F3N8. The molecule has 0 radical (unpaired) electrons. The average Bonchev–Trinajstić information content (AvgIpc) is 3.19. The van der Waals surface area contributed by atoms with Gasteiger partial charge in [-0.3, -0.25) is 0 Å². The van der Waals surface area contributed by atoms with Gasteiger partial charge in [-0.25, -0.2) is 9.97 Å². The van der Waals surface area contributed by atoms with Crippen LogP contribution in [0.25, 0.3) is 5.65 Å². The first-order chi connectivity index (χ1) is 13.5. The molecule has 1 saturated heterocycles. The molecule has 28 heavy (non-hydrogen) atoms. The van der Waals surface area contributed by atoms with Crippen molar-refractivity contribution in [1.82, 2.24) is 29.8 Å². The van der Waals surface area contributed by atoms with E-state index in [9.17, 15) is 13.2 Å². The Morgan fingerprint density at radius 2 is 1.93 bits per heavy atom. The van der Waals surface area contributed by atoms with Gasteiger partial charge in [0.05, 0.1) is 6.04 Å². The molecule has 5 rings (SSSR count). The highest BCUT2D eigenvalue weighted by Crippen LogP contribution is 2.36. The molecule has 146 valence electrons. The van der Waals surface area contributed by atoms with Gasteiger partial charge in [0.2, 0.25) is 5.95 Å². The van der Waals surface area contributed by atoms with Gasteiger partial charge in [-0.1, -0.05) is 0 Å². The minimum atomic E-state index is -4.48. The molecule has 1 aliphatic heterocycles. The van der Waals surface area contributed by atoms with Crippen LogP contribution in [0.5, 0.6) is 0 Å². The molecular weight excluding hydrogens is 373 g/mol. The molecule has 0 spiro atoms. The van der Waals surface area contributed by atoms with Crippen molar-refractivity contribution in [1.29, 1.82) is 0 Å². The second-order valence-corrected chi connectivity index (χ2v) is 7.09. The third-order valence-electron chi connectivity index (χ3n) is 5.13. The summed E-state index contributed by atoms with van der Waals surface area (Å²) < 4.78 is 40.8. The Kier molecular flexibility index (Phi) is 3.84. The first-order valence-electron chi connectivity index (χ1n) is 9.09. The summed E-state index contributed by atoms with van der Waals surface area (Å²) in [6, 6.07) is 4.87. The Hall–Kier alpha value is -2.98. The van der Waals surface area contributed by atoms with Crippen molar-refractivity contribution in [3.05, 3.63) is 36.4 Å². The fourth-order valence-electron chi connectivity index (χ4n) is 3.67. The van der Waals surface area contributed by atoms with Gasteiger partial charge in [-0.15, -0.1) is 15.3 Å². The van der Waals surface area contributed by atoms with Crippen LogP contribution in [0.15, 0.2) is 30.7 Å². The van der Waals surface area contributed by atoms with E-state index in [0.29, 0.717) is 12.2 Å². The van der Waals surface area contributed by atoms with Crippen LogP contribution in [-0.4, -0.2) is 55.0 Å². The Balaban J connectivity index is 1.40. The molecule has 2 aliphatic rings. The molecule has 1 aliphatic carbocycles. The van der Waals surface area contributed by atoms with Gasteiger partial charge in [0, 0.05) is 25.3 Å². The second kappa shape index (κ2) is 6.28. The van der Waals surface area contributed by atoms with Crippen molar-refractivity contribution in [3.8, 4) is 0 Å². The van der Waals surface area contributed by atoms with E-state index < -0.39 is 11.9 Å². The predicted molar refractivity (Wildman–Crippen MR) is 93.9 cm³/mol. The van der Waals surface area contributed by atoms with Crippen molar-refractivity contribution in [3.63, 3.8) is 0 Å². The van der Waals surface area contributed by atoms with Crippen molar-refractivity contribution in [2.75, 3.05) is 22.9 Å². The molecule has 0 amide bonds. The number of fused-ring (bicyclic) bond motifs is 1. The molecule has 1 unspecified atom stereocenters. The topological polar surface area (TPSA) is 75.3 Å². The summed E-state index contributed by atoms with van der Waals surface area (Å²) in [6.45, 7) is 1.41. The van der Waals surface area contributed by atoms with Gasteiger partial charge >= 0.3 is 6.18 Å². The fraction of sp³-hybridized carbons (Fsp3) is 0.471. The van der Waals surface area contributed by atoms with Crippen LogP contribution in [0.4, 0.5) is 24.9 Å². The van der Waals surface area contributed by atoms with E-state index in [-0.39, 0.29) is 18.0 Å². The molecule has 1 atom stereocenters. The number of alkyl halides is 3. The SMILES string of the molecule is FC(F)(F)c1ccnc(N(C2CC2)C2CCN(c3ccc4nncn4n3)C2)n1. The Labute approximate surface area is 158 Å². The normalized spacial score (nSPS) is 20.1. The van der Waals surface area contributed by atoms with Crippen LogP contribution >= 0.6 is 0 Å². The maximum atomic E-state index is 13.1. The molecule has 4 heterocycles. The maximum Gasteiger partial charge on any atom is 0.433 e. The number of rotatable bonds is 4. The first kappa shape index (κ1) is 17.1. The van der Waals surface area contributed by atoms with E-state index in [4.69, 9.17) is 0 Å². The number of nitrogens with zero attached hydrogens (tertiary/aromatic N) is 8. The Bertz CT molecular complexity index is 999. The van der Waals surface area contributed by atoms with Crippen LogP contribution in [0.2, 0.25) is 0 Å². The van der Waals surface area contributed by atoms with Gasteiger partial charge in [-0.2, -0.15) is 17.7 Å². The molecule has 0 N–H and O–H groups in total. The monoisotopic (exact) mass is 390 g/mol. The van der Waals surface area contributed by atoms with Crippen molar-refractivity contribution < 1.29 is 13.2 Å². The lowest BCUT2D eigenvalue weighted by Crippen LogP contribution is -2.41. The average molecular weight is 390 g/mol. The lowest BCUT2D eigenvalue weighted by Gasteiger charge is -2.29. The summed E-state index contributed by atoms with van der Waals surface area (Å²) in [6.07, 6.45) is 0.945. The van der Waals surface area contributed by atoms with Crippen LogP contribution < -0.4 is 9.80 Å². The molecule has 11 heteroatoms. The van der Waals surface area contributed by atoms with Crippen molar-refractivity contribution in [2.45, 2.75) is 37.5 Å². The summed E-state index contributed by atoms with van der Waals surface area (Å²) in [7, 11) is 0. The standard InChI is InChI=1S/C17H17F3N8/c18-17(19,20)13-5-7-21-16(23-13)28(11-1-2-11)12-6-8-26(9-12)15-4-3-14-24-22-10-27(14)25-15/h3-5,7,10-12H,1-2,6,8-9H2. The van der Waals surface area contributed by atoms with Crippen LogP contribution in [0, 0.1) is 0 Å². The third-order valence-corrected chi connectivity index (χ3v) is 5.13. The Morgan fingerprint density at radius 1 is 1.07 bits per heavy atom. The van der Waals surface area contributed by atoms with E-state index in [2.05, 4.69) is 30.2 Å². The quantitative estimate of drug-likeness (QED) is 0.676. The van der Waals surface area contributed by atoms with Gasteiger partial charge in [0.25, 0.3) is 0 Å². The lowest BCUT2D eigenvalue weighted by atomic mass is 10.2. The largest absolute Gasteiger partial charge is 0.433 e. The highest BCUT2D eigenvalue weighted by atomic mass is 19.4. The van der Waals surface area contributed by atoms with Crippen LogP contribution in [0.1, 0.15) is 25.0 Å². The van der Waals surface area contributed by atoms with E-state index in [1.165, 1.54) is 6.20 Å². The first-order valence-corrected chi connectivity index (χ1v) is 9.09. The highest BCUT2D eigenvalue weighted by molar-refractivity contribution is 5.47. The van der Waals surface area contributed by atoms with Gasteiger partial charge in [0.15, 0.2) is 5.65 Å². The Morgan fingerprint density at radius 3 is 2.71 bits per heavy atom. The van der Waals surface area contributed by atoms with E-state index in [0.717, 1.165) is 37.7 Å². The smallest absolute Gasteiger partial charge is 0.353 e. The minimum absolute atomic E-state index is 0.0365. The maximum absolute atomic E-state index is 13.1. The zero-order chi connectivity index (χ0) is 19.3. The molecule has 8 nitrogen and oxygen atoms in total. The van der Waals surface area contributed by atoms with Crippen molar-refractivity contribution >= 4 is 17.4 Å². The molecule has 0 bridgehead atoms. The second-order valence-electron chi connectivity index (χ2n) is 7.09. The number of aromatic nitrogens is 6. The number of halogens is 3. The molecule has 3 aromatic heterocycles. The zero-order valence-corrected chi connectivity index (χ0v) is 14.8. The third kappa shape index (κ3) is 3.10. The number of hydrogen-bond acceptors (Lipinski definition) is 7. The van der Waals surface area contributed by atoms with E-state index in [1.54, 1.807) is 10.8 Å². The molecule has 1 saturated carbocycles. The lowest BCUT2D eigenvalue weighted by molar-refractivity contribution is -0.141. The van der Waals surface area contributed by atoms with E-state index in [1.807, 2.05) is 17.0 Å². The van der Waals surface area contributed by atoms with Gasteiger partial charge in [0.1, 0.15) is 17.8 Å². The molecule has 2 fully saturated rings. The van der Waals surface area contributed by atoms with Gasteiger partial charge < -0.3 is 9.80 Å². The van der Waals surface area contributed by atoms with E-state index >= 15 is 0 Å². The molecule has 0 aromatic carbocycles. The summed E-state index contributed by atoms with van der Waals surface area (Å²) in [5, 5.41) is 12.3. The molecule has 3 aromatic rings. The minimum Gasteiger partial charge on any atom is -0.353 e. The van der Waals surface area contributed by atoms with Crippen molar-refractivity contribution in [2.24, 2.45) is 0 Å². The summed E-state index contributed by atoms with van der Waals surface area (Å²) in [5.74, 6) is 0.946. The summed E-state index contributed by atoms with van der Waals surface area (Å²) in [5.41, 5.74) is -0.241.